The lowest BCUT2D eigenvalue weighted by atomic mass is 9.82. The van der Waals surface area contributed by atoms with E-state index in [2.05, 4.69) is 25.2 Å². The predicted molar refractivity (Wildman–Crippen MR) is 49.6 cm³/mol. The van der Waals surface area contributed by atoms with Crippen molar-refractivity contribution in [3.8, 4) is 6.07 Å². The number of hydrogen-bond donors (Lipinski definition) is 1. The Hall–Kier alpha value is -0.550. The van der Waals surface area contributed by atoms with Crippen LogP contribution in [0.5, 0.6) is 0 Å². The fraction of sp³-hybridized carbons (Fsp3) is 0.900. The van der Waals surface area contributed by atoms with Gasteiger partial charge in [-0.1, -0.05) is 20.3 Å². The third-order valence-electron chi connectivity index (χ3n) is 3.05. The largest absolute Gasteiger partial charge is 0.302 e. The molecule has 1 heterocycles. The molecule has 0 aromatic rings. The van der Waals surface area contributed by atoms with Crippen molar-refractivity contribution < 1.29 is 0 Å². The molecule has 1 fully saturated rings. The second-order valence-electron chi connectivity index (χ2n) is 3.81. The molecule has 1 saturated heterocycles. The van der Waals surface area contributed by atoms with E-state index in [4.69, 9.17) is 5.26 Å². The van der Waals surface area contributed by atoms with E-state index < -0.39 is 0 Å². The van der Waals surface area contributed by atoms with Gasteiger partial charge < -0.3 is 5.32 Å². The highest BCUT2D eigenvalue weighted by Crippen LogP contribution is 2.26. The number of piperidine rings is 1. The first kappa shape index (κ1) is 9.54. The molecule has 12 heavy (non-hydrogen) atoms. The lowest BCUT2D eigenvalue weighted by Crippen LogP contribution is -2.38. The molecule has 0 spiro atoms. The first-order valence-electron chi connectivity index (χ1n) is 4.91. The summed E-state index contributed by atoms with van der Waals surface area (Å²) >= 11 is 0. The maximum absolute atomic E-state index is 8.75. The van der Waals surface area contributed by atoms with Gasteiger partial charge >= 0.3 is 0 Å². The van der Waals surface area contributed by atoms with Gasteiger partial charge in [-0.05, 0) is 31.2 Å². The molecule has 68 valence electrons. The van der Waals surface area contributed by atoms with Crippen molar-refractivity contribution in [3.05, 3.63) is 0 Å². The van der Waals surface area contributed by atoms with Gasteiger partial charge in [0.1, 0.15) is 0 Å². The molecule has 0 saturated carbocycles. The van der Waals surface area contributed by atoms with E-state index in [1.54, 1.807) is 0 Å². The smallest absolute Gasteiger partial charge is 0.0955 e. The fourth-order valence-electron chi connectivity index (χ4n) is 1.90. The van der Waals surface area contributed by atoms with E-state index in [1.807, 2.05) is 0 Å². The standard InChI is InChI=1S/C10H18N2/c1-3-8(2)9-4-5-12-10(6-9)7-11/h8-10,12H,3-6H2,1-2H3. The molecule has 2 heteroatoms. The molecule has 0 aromatic heterocycles. The fourth-order valence-corrected chi connectivity index (χ4v) is 1.90. The zero-order chi connectivity index (χ0) is 8.97. The van der Waals surface area contributed by atoms with Crippen LogP contribution in [-0.4, -0.2) is 12.6 Å². The van der Waals surface area contributed by atoms with Gasteiger partial charge in [-0.15, -0.1) is 0 Å². The second-order valence-corrected chi connectivity index (χ2v) is 3.81. The van der Waals surface area contributed by atoms with Gasteiger partial charge in [-0.3, -0.25) is 0 Å². The Morgan fingerprint density at radius 2 is 2.42 bits per heavy atom. The third-order valence-corrected chi connectivity index (χ3v) is 3.05. The molecule has 1 rings (SSSR count). The molecule has 0 bridgehead atoms. The van der Waals surface area contributed by atoms with Crippen LogP contribution < -0.4 is 5.32 Å². The van der Waals surface area contributed by atoms with Crippen LogP contribution in [-0.2, 0) is 0 Å². The summed E-state index contributed by atoms with van der Waals surface area (Å²) in [6.07, 6.45) is 3.53. The van der Waals surface area contributed by atoms with Crippen molar-refractivity contribution in [1.29, 1.82) is 5.26 Å². The zero-order valence-corrected chi connectivity index (χ0v) is 8.01. The van der Waals surface area contributed by atoms with Crippen molar-refractivity contribution in [3.63, 3.8) is 0 Å². The Bertz CT molecular complexity index is 171. The van der Waals surface area contributed by atoms with Gasteiger partial charge in [-0.2, -0.15) is 5.26 Å². The number of nitrogens with zero attached hydrogens (tertiary/aromatic N) is 1. The maximum atomic E-state index is 8.75. The normalized spacial score (nSPS) is 32.4. The van der Waals surface area contributed by atoms with Gasteiger partial charge in [0.25, 0.3) is 0 Å². The quantitative estimate of drug-likeness (QED) is 0.680. The van der Waals surface area contributed by atoms with E-state index in [0.717, 1.165) is 24.8 Å². The Morgan fingerprint density at radius 3 is 3.00 bits per heavy atom. The van der Waals surface area contributed by atoms with Gasteiger partial charge in [0.2, 0.25) is 0 Å². The Morgan fingerprint density at radius 1 is 1.67 bits per heavy atom. The zero-order valence-electron chi connectivity index (χ0n) is 8.01. The molecular formula is C10H18N2. The Kier molecular flexibility index (Phi) is 3.55. The van der Waals surface area contributed by atoms with Crippen molar-refractivity contribution in [2.24, 2.45) is 11.8 Å². The topological polar surface area (TPSA) is 35.8 Å². The molecule has 0 amide bonds. The highest BCUT2D eigenvalue weighted by Gasteiger charge is 2.24. The monoisotopic (exact) mass is 166 g/mol. The number of hydrogen-bond acceptors (Lipinski definition) is 2. The first-order valence-corrected chi connectivity index (χ1v) is 4.91. The van der Waals surface area contributed by atoms with Gasteiger partial charge in [0.05, 0.1) is 12.1 Å². The minimum Gasteiger partial charge on any atom is -0.302 e. The van der Waals surface area contributed by atoms with Gasteiger partial charge in [0.15, 0.2) is 0 Å². The van der Waals surface area contributed by atoms with Crippen molar-refractivity contribution in [2.45, 2.75) is 39.2 Å². The summed E-state index contributed by atoms with van der Waals surface area (Å²) in [6.45, 7) is 5.55. The molecule has 1 N–H and O–H groups in total. The summed E-state index contributed by atoms with van der Waals surface area (Å²) < 4.78 is 0. The van der Waals surface area contributed by atoms with Crippen LogP contribution in [0, 0.1) is 23.2 Å². The summed E-state index contributed by atoms with van der Waals surface area (Å²) in [5.41, 5.74) is 0. The number of nitrogens with one attached hydrogen (secondary N) is 1. The van der Waals surface area contributed by atoms with Gasteiger partial charge in [-0.25, -0.2) is 0 Å². The van der Waals surface area contributed by atoms with E-state index in [1.165, 1.54) is 12.8 Å². The van der Waals surface area contributed by atoms with E-state index in [-0.39, 0.29) is 6.04 Å². The van der Waals surface area contributed by atoms with Crippen molar-refractivity contribution in [1.82, 2.24) is 5.32 Å². The lowest BCUT2D eigenvalue weighted by Gasteiger charge is -2.30. The Labute approximate surface area is 75.0 Å². The van der Waals surface area contributed by atoms with Crippen LogP contribution in [0.25, 0.3) is 0 Å². The highest BCUT2D eigenvalue weighted by molar-refractivity contribution is 4.94. The summed E-state index contributed by atoms with van der Waals surface area (Å²) in [7, 11) is 0. The Balaban J connectivity index is 2.41. The van der Waals surface area contributed by atoms with Crippen LogP contribution in [0.1, 0.15) is 33.1 Å². The van der Waals surface area contributed by atoms with Crippen LogP contribution >= 0.6 is 0 Å². The summed E-state index contributed by atoms with van der Waals surface area (Å²) in [5.74, 6) is 1.55. The number of rotatable bonds is 2. The van der Waals surface area contributed by atoms with Crippen LogP contribution in [0.3, 0.4) is 0 Å². The molecule has 2 nitrogen and oxygen atoms in total. The van der Waals surface area contributed by atoms with E-state index in [0.29, 0.717) is 0 Å². The van der Waals surface area contributed by atoms with E-state index >= 15 is 0 Å². The minimum absolute atomic E-state index is 0.109. The molecule has 0 radical (unpaired) electrons. The van der Waals surface area contributed by atoms with Crippen LogP contribution in [0.2, 0.25) is 0 Å². The van der Waals surface area contributed by atoms with E-state index in [9.17, 15) is 0 Å². The summed E-state index contributed by atoms with van der Waals surface area (Å²) in [4.78, 5) is 0. The second kappa shape index (κ2) is 4.47. The SMILES string of the molecule is CCC(C)C1CCNC(C#N)C1. The average Bonchev–Trinajstić information content (AvgIpc) is 2.17. The van der Waals surface area contributed by atoms with Crippen molar-refractivity contribution in [2.75, 3.05) is 6.54 Å². The lowest BCUT2D eigenvalue weighted by molar-refractivity contribution is 0.248. The highest BCUT2D eigenvalue weighted by atomic mass is 14.9. The van der Waals surface area contributed by atoms with Gasteiger partial charge in [0, 0.05) is 0 Å². The molecule has 1 aliphatic rings. The maximum Gasteiger partial charge on any atom is 0.0955 e. The number of nitriles is 1. The first-order chi connectivity index (χ1) is 5.77. The van der Waals surface area contributed by atoms with Crippen LogP contribution in [0.15, 0.2) is 0 Å². The van der Waals surface area contributed by atoms with Crippen molar-refractivity contribution >= 4 is 0 Å². The summed E-state index contributed by atoms with van der Waals surface area (Å²) in [5, 5.41) is 12.0. The van der Waals surface area contributed by atoms with Crippen LogP contribution in [0.4, 0.5) is 0 Å². The molecule has 3 atom stereocenters. The average molecular weight is 166 g/mol. The minimum atomic E-state index is 0.109. The third kappa shape index (κ3) is 2.22. The molecular weight excluding hydrogens is 148 g/mol. The molecule has 1 aliphatic heterocycles. The predicted octanol–water partition coefficient (Wildman–Crippen LogP) is 1.92. The molecule has 0 aromatic carbocycles. The molecule has 3 unspecified atom stereocenters. The molecule has 0 aliphatic carbocycles. The summed E-state index contributed by atoms with van der Waals surface area (Å²) in [6, 6.07) is 2.41.